The Morgan fingerprint density at radius 3 is 2.70 bits per heavy atom. The average molecular weight is 366 g/mol. The molecule has 2 atom stereocenters. The summed E-state index contributed by atoms with van der Waals surface area (Å²) in [6.07, 6.45) is 3.05. The van der Waals surface area contributed by atoms with E-state index in [9.17, 15) is 9.18 Å². The Kier molecular flexibility index (Phi) is 5.26. The van der Waals surface area contributed by atoms with Gasteiger partial charge in [-0.15, -0.1) is 0 Å². The molecule has 0 unspecified atom stereocenters. The molecule has 27 heavy (non-hydrogen) atoms. The lowest BCUT2D eigenvalue weighted by atomic mass is 9.83. The Balaban J connectivity index is 1.54. The smallest absolute Gasteiger partial charge is 0.224 e. The van der Waals surface area contributed by atoms with Crippen LogP contribution in [-0.4, -0.2) is 29.9 Å². The van der Waals surface area contributed by atoms with E-state index >= 15 is 0 Å². The molecule has 3 nitrogen and oxygen atoms in total. The Bertz CT molecular complexity index is 818. The van der Waals surface area contributed by atoms with Crippen molar-refractivity contribution >= 4 is 5.91 Å². The second kappa shape index (κ2) is 7.81. The van der Waals surface area contributed by atoms with Crippen LogP contribution in [0.15, 0.2) is 48.5 Å². The molecule has 0 aromatic heterocycles. The topological polar surface area (TPSA) is 32.3 Å². The maximum absolute atomic E-state index is 14.1. The van der Waals surface area contributed by atoms with Gasteiger partial charge in [-0.05, 0) is 43.7 Å². The van der Waals surface area contributed by atoms with Crippen molar-refractivity contribution in [1.29, 1.82) is 0 Å². The molecular formula is C23H27FN2O. The zero-order valence-corrected chi connectivity index (χ0v) is 15.8. The Hall–Kier alpha value is -2.20. The van der Waals surface area contributed by atoms with E-state index in [4.69, 9.17) is 0 Å². The van der Waals surface area contributed by atoms with E-state index in [1.54, 1.807) is 6.07 Å². The second-order valence-corrected chi connectivity index (χ2v) is 8.11. The first-order valence-corrected chi connectivity index (χ1v) is 9.91. The van der Waals surface area contributed by atoms with E-state index in [1.165, 1.54) is 17.2 Å². The number of hydrogen-bond donors (Lipinski definition) is 1. The van der Waals surface area contributed by atoms with Crippen LogP contribution in [0.5, 0.6) is 0 Å². The van der Waals surface area contributed by atoms with Crippen LogP contribution in [0, 0.1) is 18.7 Å². The monoisotopic (exact) mass is 366 g/mol. The minimum atomic E-state index is -0.172. The lowest BCUT2D eigenvalue weighted by Gasteiger charge is -2.37. The van der Waals surface area contributed by atoms with Gasteiger partial charge in [0.1, 0.15) is 5.82 Å². The molecule has 0 spiro atoms. The van der Waals surface area contributed by atoms with Crippen LogP contribution in [0.25, 0.3) is 0 Å². The first-order valence-electron chi connectivity index (χ1n) is 9.91. The molecule has 0 bridgehead atoms. The number of piperidine rings is 1. The first-order chi connectivity index (χ1) is 13.1. The fourth-order valence-electron chi connectivity index (χ4n) is 4.09. The number of benzene rings is 2. The van der Waals surface area contributed by atoms with Crippen LogP contribution >= 0.6 is 0 Å². The van der Waals surface area contributed by atoms with Gasteiger partial charge in [0.25, 0.3) is 0 Å². The van der Waals surface area contributed by atoms with Crippen LogP contribution in [0.3, 0.4) is 0 Å². The van der Waals surface area contributed by atoms with Crippen LogP contribution in [-0.2, 0) is 11.3 Å². The van der Waals surface area contributed by atoms with E-state index in [-0.39, 0.29) is 17.6 Å². The molecule has 1 amide bonds. The Morgan fingerprint density at radius 1 is 1.15 bits per heavy atom. The molecule has 2 fully saturated rings. The number of rotatable bonds is 5. The predicted molar refractivity (Wildman–Crippen MR) is 105 cm³/mol. The molecule has 1 saturated heterocycles. The third-order valence-electron chi connectivity index (χ3n) is 5.69. The van der Waals surface area contributed by atoms with Crippen molar-refractivity contribution in [3.63, 3.8) is 0 Å². The summed E-state index contributed by atoms with van der Waals surface area (Å²) >= 11 is 0. The summed E-state index contributed by atoms with van der Waals surface area (Å²) in [7, 11) is 0. The number of aryl methyl sites for hydroxylation is 1. The van der Waals surface area contributed by atoms with Crippen molar-refractivity contribution in [2.75, 3.05) is 13.1 Å². The fourth-order valence-corrected chi connectivity index (χ4v) is 4.09. The number of nitrogens with zero attached hydrogens (tertiary/aromatic N) is 1. The summed E-state index contributed by atoms with van der Waals surface area (Å²) in [6.45, 7) is 4.18. The molecule has 2 aromatic carbocycles. The van der Waals surface area contributed by atoms with Crippen molar-refractivity contribution < 1.29 is 9.18 Å². The number of nitrogens with one attached hydrogen (secondary N) is 1. The lowest BCUT2D eigenvalue weighted by Crippen LogP contribution is -2.46. The third kappa shape index (κ3) is 4.56. The standard InChI is InChI=1S/C23H27FN2O/c1-16-5-4-7-17(11-16)19-12-20(23(27)25-21-9-10-21)15-26(14-19)13-18-6-2-3-8-22(18)24/h2-8,11,19-21H,9-10,12-15H2,1H3,(H,25,27)/t19-,20+/m1/s1. The molecule has 4 rings (SSSR count). The molecule has 1 aliphatic heterocycles. The van der Waals surface area contributed by atoms with Crippen LogP contribution < -0.4 is 5.32 Å². The molecule has 1 aliphatic carbocycles. The highest BCUT2D eigenvalue weighted by Gasteiger charge is 2.35. The summed E-state index contributed by atoms with van der Waals surface area (Å²) in [5.74, 6) is 0.236. The quantitative estimate of drug-likeness (QED) is 0.867. The molecule has 1 saturated carbocycles. The number of carbonyl (C=O) groups is 1. The van der Waals surface area contributed by atoms with Gasteiger partial charge in [0, 0.05) is 31.2 Å². The molecule has 0 radical (unpaired) electrons. The van der Waals surface area contributed by atoms with Gasteiger partial charge in [0.05, 0.1) is 5.92 Å². The number of carbonyl (C=O) groups excluding carboxylic acids is 1. The maximum Gasteiger partial charge on any atom is 0.224 e. The van der Waals surface area contributed by atoms with Crippen LogP contribution in [0.4, 0.5) is 4.39 Å². The highest BCUT2D eigenvalue weighted by atomic mass is 19.1. The molecule has 1 heterocycles. The molecule has 2 aromatic rings. The van der Waals surface area contributed by atoms with E-state index < -0.39 is 0 Å². The van der Waals surface area contributed by atoms with Gasteiger partial charge in [0.2, 0.25) is 5.91 Å². The lowest BCUT2D eigenvalue weighted by molar-refractivity contribution is -0.127. The summed E-state index contributed by atoms with van der Waals surface area (Å²) in [6, 6.07) is 15.9. The molecule has 2 aliphatic rings. The van der Waals surface area contributed by atoms with Crippen molar-refractivity contribution in [1.82, 2.24) is 10.2 Å². The van der Waals surface area contributed by atoms with E-state index in [0.29, 0.717) is 30.6 Å². The minimum absolute atomic E-state index is 0.0448. The summed E-state index contributed by atoms with van der Waals surface area (Å²) < 4.78 is 14.1. The van der Waals surface area contributed by atoms with Gasteiger partial charge < -0.3 is 5.32 Å². The average Bonchev–Trinajstić information content (AvgIpc) is 3.47. The highest BCUT2D eigenvalue weighted by Crippen LogP contribution is 2.32. The number of halogens is 1. The van der Waals surface area contributed by atoms with E-state index in [0.717, 1.165) is 25.8 Å². The highest BCUT2D eigenvalue weighted by molar-refractivity contribution is 5.79. The van der Waals surface area contributed by atoms with Crippen LogP contribution in [0.1, 0.15) is 41.9 Å². The van der Waals surface area contributed by atoms with Crippen molar-refractivity contribution in [3.8, 4) is 0 Å². The van der Waals surface area contributed by atoms with Gasteiger partial charge in [0.15, 0.2) is 0 Å². The summed E-state index contributed by atoms with van der Waals surface area (Å²) in [4.78, 5) is 15.0. The zero-order chi connectivity index (χ0) is 18.8. The van der Waals surface area contributed by atoms with Gasteiger partial charge in [-0.2, -0.15) is 0 Å². The second-order valence-electron chi connectivity index (χ2n) is 8.11. The molecule has 142 valence electrons. The van der Waals surface area contributed by atoms with Gasteiger partial charge in [-0.1, -0.05) is 48.0 Å². The van der Waals surface area contributed by atoms with E-state index in [2.05, 4.69) is 41.4 Å². The van der Waals surface area contributed by atoms with Gasteiger partial charge in [-0.25, -0.2) is 4.39 Å². The summed E-state index contributed by atoms with van der Waals surface area (Å²) in [5.41, 5.74) is 3.21. The normalized spacial score (nSPS) is 23.2. The fraction of sp³-hybridized carbons (Fsp3) is 0.435. The van der Waals surface area contributed by atoms with E-state index in [1.807, 2.05) is 12.1 Å². The van der Waals surface area contributed by atoms with Gasteiger partial charge in [-0.3, -0.25) is 9.69 Å². The molecular weight excluding hydrogens is 339 g/mol. The summed E-state index contributed by atoms with van der Waals surface area (Å²) in [5, 5.41) is 3.16. The maximum atomic E-state index is 14.1. The SMILES string of the molecule is Cc1cccc([C@@H]2C[C@H](C(=O)NC3CC3)CN(Cc3ccccc3F)C2)c1. The molecule has 1 N–H and O–H groups in total. The third-order valence-corrected chi connectivity index (χ3v) is 5.69. The number of hydrogen-bond acceptors (Lipinski definition) is 2. The zero-order valence-electron chi connectivity index (χ0n) is 15.8. The Labute approximate surface area is 160 Å². The van der Waals surface area contributed by atoms with Crippen molar-refractivity contribution in [2.45, 2.75) is 44.7 Å². The number of likely N-dealkylation sites (tertiary alicyclic amines) is 1. The van der Waals surface area contributed by atoms with Gasteiger partial charge >= 0.3 is 0 Å². The van der Waals surface area contributed by atoms with Crippen molar-refractivity contribution in [3.05, 3.63) is 71.0 Å². The first kappa shape index (κ1) is 18.2. The largest absolute Gasteiger partial charge is 0.353 e. The Morgan fingerprint density at radius 2 is 1.96 bits per heavy atom. The minimum Gasteiger partial charge on any atom is -0.353 e. The van der Waals surface area contributed by atoms with Crippen molar-refractivity contribution in [2.24, 2.45) is 5.92 Å². The molecule has 4 heteroatoms. The predicted octanol–water partition coefficient (Wildman–Crippen LogP) is 4.02. The van der Waals surface area contributed by atoms with Crippen LogP contribution in [0.2, 0.25) is 0 Å². The number of amides is 1.